The summed E-state index contributed by atoms with van der Waals surface area (Å²) >= 11 is 0. The minimum absolute atomic E-state index is 0.0214. The molecule has 1 atom stereocenters. The highest BCUT2D eigenvalue weighted by Crippen LogP contribution is 2.22. The molecule has 0 aromatic heterocycles. The Bertz CT molecular complexity index is 153. The van der Waals surface area contributed by atoms with Gasteiger partial charge in [-0.25, -0.2) is 0 Å². The maximum atomic E-state index is 10.8. The zero-order valence-corrected chi connectivity index (χ0v) is 7.58. The van der Waals surface area contributed by atoms with Crippen molar-refractivity contribution in [3.8, 4) is 0 Å². The summed E-state index contributed by atoms with van der Waals surface area (Å²) in [4.78, 5) is 10.8. The first-order valence-electron chi connectivity index (χ1n) is 4.57. The van der Waals surface area contributed by atoms with E-state index >= 15 is 0 Å². The second-order valence-corrected chi connectivity index (χ2v) is 3.59. The molecule has 1 aliphatic rings. The Kier molecular flexibility index (Phi) is 3.53. The van der Waals surface area contributed by atoms with Crippen molar-refractivity contribution in [1.29, 1.82) is 0 Å². The van der Waals surface area contributed by atoms with Crippen LogP contribution in [0.1, 0.15) is 26.2 Å². The first-order valence-corrected chi connectivity index (χ1v) is 4.57. The van der Waals surface area contributed by atoms with Gasteiger partial charge in [-0.3, -0.25) is 4.79 Å². The number of ether oxygens (including phenoxy) is 1. The first kappa shape index (κ1) is 9.52. The summed E-state index contributed by atoms with van der Waals surface area (Å²) in [7, 11) is 0. The van der Waals surface area contributed by atoms with Crippen molar-refractivity contribution in [3.63, 3.8) is 0 Å². The number of hydrogen-bond acceptors (Lipinski definition) is 2. The van der Waals surface area contributed by atoms with Gasteiger partial charge in [-0.2, -0.15) is 0 Å². The highest BCUT2D eigenvalue weighted by Gasteiger charge is 2.19. The molecule has 0 bridgehead atoms. The molecule has 70 valence electrons. The summed E-state index contributed by atoms with van der Waals surface area (Å²) in [6, 6.07) is 0. The predicted molar refractivity (Wildman–Crippen MR) is 46.5 cm³/mol. The Morgan fingerprint density at radius 1 is 1.58 bits per heavy atom. The van der Waals surface area contributed by atoms with Gasteiger partial charge in [0, 0.05) is 19.1 Å². The second-order valence-electron chi connectivity index (χ2n) is 3.59. The van der Waals surface area contributed by atoms with E-state index in [0.717, 1.165) is 32.5 Å². The monoisotopic (exact) mass is 171 g/mol. The smallest absolute Gasteiger partial charge is 0.220 e. The topological polar surface area (TPSA) is 52.3 Å². The van der Waals surface area contributed by atoms with E-state index < -0.39 is 0 Å². The van der Waals surface area contributed by atoms with Gasteiger partial charge in [0.25, 0.3) is 0 Å². The molecule has 1 rings (SSSR count). The normalized spacial score (nSPS) is 22.1. The molecule has 3 nitrogen and oxygen atoms in total. The lowest BCUT2D eigenvalue weighted by Crippen LogP contribution is -2.25. The summed E-state index contributed by atoms with van der Waals surface area (Å²) in [5.41, 5.74) is 5.18. The van der Waals surface area contributed by atoms with Crippen LogP contribution in [0, 0.1) is 11.8 Å². The lowest BCUT2D eigenvalue weighted by Gasteiger charge is -2.23. The van der Waals surface area contributed by atoms with Crippen LogP contribution in [0.25, 0.3) is 0 Å². The third-order valence-electron chi connectivity index (χ3n) is 2.51. The molecule has 1 saturated heterocycles. The zero-order valence-electron chi connectivity index (χ0n) is 7.58. The largest absolute Gasteiger partial charge is 0.381 e. The van der Waals surface area contributed by atoms with Crippen LogP contribution in [-0.4, -0.2) is 19.1 Å². The maximum absolute atomic E-state index is 10.8. The zero-order chi connectivity index (χ0) is 8.97. The van der Waals surface area contributed by atoms with Gasteiger partial charge >= 0.3 is 0 Å². The highest BCUT2D eigenvalue weighted by atomic mass is 16.5. The Labute approximate surface area is 73.3 Å². The third kappa shape index (κ3) is 2.81. The molecule has 1 unspecified atom stereocenters. The number of rotatable bonds is 3. The molecular formula is C9H17NO2. The Morgan fingerprint density at radius 3 is 2.67 bits per heavy atom. The molecule has 1 fully saturated rings. The van der Waals surface area contributed by atoms with E-state index in [4.69, 9.17) is 10.5 Å². The van der Waals surface area contributed by atoms with Gasteiger partial charge in [0.1, 0.15) is 0 Å². The average molecular weight is 171 g/mol. The Hall–Kier alpha value is -0.570. The van der Waals surface area contributed by atoms with Crippen molar-refractivity contribution in [3.05, 3.63) is 0 Å². The first-order chi connectivity index (χ1) is 5.70. The SMILES string of the molecule is CC(CC1CCOCC1)C(N)=O. The van der Waals surface area contributed by atoms with Crippen LogP contribution < -0.4 is 5.73 Å². The lowest BCUT2D eigenvalue weighted by molar-refractivity contribution is -0.122. The summed E-state index contributed by atoms with van der Waals surface area (Å²) in [5, 5.41) is 0. The summed E-state index contributed by atoms with van der Waals surface area (Å²) in [6.07, 6.45) is 3.09. The number of hydrogen-bond donors (Lipinski definition) is 1. The van der Waals surface area contributed by atoms with Crippen molar-refractivity contribution in [2.45, 2.75) is 26.2 Å². The van der Waals surface area contributed by atoms with Gasteiger partial charge in [0.2, 0.25) is 5.91 Å². The van der Waals surface area contributed by atoms with Crippen molar-refractivity contribution >= 4 is 5.91 Å². The number of nitrogens with two attached hydrogens (primary N) is 1. The minimum atomic E-state index is -0.179. The molecule has 1 heterocycles. The molecule has 0 spiro atoms. The quantitative estimate of drug-likeness (QED) is 0.686. The van der Waals surface area contributed by atoms with Crippen molar-refractivity contribution in [2.24, 2.45) is 17.6 Å². The van der Waals surface area contributed by atoms with Crippen LogP contribution in [0.5, 0.6) is 0 Å². The molecule has 0 saturated carbocycles. The summed E-state index contributed by atoms with van der Waals surface area (Å²) in [6.45, 7) is 3.59. The van der Waals surface area contributed by atoms with E-state index in [9.17, 15) is 4.79 Å². The average Bonchev–Trinajstić information content (AvgIpc) is 2.06. The van der Waals surface area contributed by atoms with E-state index in [1.165, 1.54) is 0 Å². The van der Waals surface area contributed by atoms with Gasteiger partial charge in [-0.15, -0.1) is 0 Å². The number of primary amides is 1. The molecule has 1 amide bonds. The molecule has 12 heavy (non-hydrogen) atoms. The van der Waals surface area contributed by atoms with Crippen LogP contribution in [0.2, 0.25) is 0 Å². The van der Waals surface area contributed by atoms with Crippen LogP contribution in [0.3, 0.4) is 0 Å². The second kappa shape index (κ2) is 4.45. The number of amides is 1. The van der Waals surface area contributed by atoms with E-state index in [-0.39, 0.29) is 11.8 Å². The van der Waals surface area contributed by atoms with Gasteiger partial charge in [-0.05, 0) is 25.2 Å². The van der Waals surface area contributed by atoms with Gasteiger partial charge < -0.3 is 10.5 Å². The predicted octanol–water partition coefficient (Wildman–Crippen LogP) is 0.924. The molecule has 0 radical (unpaired) electrons. The molecule has 3 heteroatoms. The summed E-state index contributed by atoms with van der Waals surface area (Å²) < 4.78 is 5.23. The molecule has 2 N–H and O–H groups in total. The van der Waals surface area contributed by atoms with Gasteiger partial charge in [0.15, 0.2) is 0 Å². The Morgan fingerprint density at radius 2 is 2.17 bits per heavy atom. The fraction of sp³-hybridized carbons (Fsp3) is 0.889. The highest BCUT2D eigenvalue weighted by molar-refractivity contribution is 5.76. The number of carbonyl (C=O) groups excluding carboxylic acids is 1. The van der Waals surface area contributed by atoms with Gasteiger partial charge in [0.05, 0.1) is 0 Å². The molecule has 1 aliphatic heterocycles. The van der Waals surface area contributed by atoms with Crippen molar-refractivity contribution in [2.75, 3.05) is 13.2 Å². The Balaban J connectivity index is 2.24. The minimum Gasteiger partial charge on any atom is -0.381 e. The van der Waals surface area contributed by atoms with E-state index in [2.05, 4.69) is 0 Å². The standard InChI is InChI=1S/C9H17NO2/c1-7(9(10)11)6-8-2-4-12-5-3-8/h7-8H,2-6H2,1H3,(H2,10,11). The van der Waals surface area contributed by atoms with Crippen molar-refractivity contribution in [1.82, 2.24) is 0 Å². The van der Waals surface area contributed by atoms with Crippen LogP contribution in [0.15, 0.2) is 0 Å². The molecule has 0 aromatic rings. The molecule has 0 aliphatic carbocycles. The fourth-order valence-corrected chi connectivity index (χ4v) is 1.60. The molecular weight excluding hydrogens is 154 g/mol. The van der Waals surface area contributed by atoms with Gasteiger partial charge in [-0.1, -0.05) is 6.92 Å². The van der Waals surface area contributed by atoms with E-state index in [1.54, 1.807) is 0 Å². The lowest BCUT2D eigenvalue weighted by atomic mass is 9.89. The fourth-order valence-electron chi connectivity index (χ4n) is 1.60. The summed E-state index contributed by atoms with van der Waals surface area (Å²) in [5.74, 6) is 0.482. The van der Waals surface area contributed by atoms with Crippen LogP contribution >= 0.6 is 0 Å². The van der Waals surface area contributed by atoms with E-state index in [1.807, 2.05) is 6.92 Å². The van der Waals surface area contributed by atoms with Crippen LogP contribution in [0.4, 0.5) is 0 Å². The number of carbonyl (C=O) groups is 1. The van der Waals surface area contributed by atoms with E-state index in [0.29, 0.717) is 5.92 Å². The molecule has 0 aromatic carbocycles. The van der Waals surface area contributed by atoms with Crippen molar-refractivity contribution < 1.29 is 9.53 Å². The third-order valence-corrected chi connectivity index (χ3v) is 2.51. The van der Waals surface area contributed by atoms with Crippen LogP contribution in [-0.2, 0) is 9.53 Å². The maximum Gasteiger partial charge on any atom is 0.220 e.